The Morgan fingerprint density at radius 1 is 1.56 bits per heavy atom. The predicted molar refractivity (Wildman–Crippen MR) is 59.7 cm³/mol. The van der Waals surface area contributed by atoms with E-state index in [-0.39, 0.29) is 9.13 Å². The van der Waals surface area contributed by atoms with E-state index < -0.39 is 26.1 Å². The first-order chi connectivity index (χ1) is 7.29. The van der Waals surface area contributed by atoms with Crippen LogP contribution in [0.5, 0.6) is 0 Å². The monoisotopic (exact) mass is 378 g/mol. The molecule has 0 fully saturated rings. The zero-order chi connectivity index (χ0) is 12.5. The lowest BCUT2D eigenvalue weighted by atomic mass is 10.2. The maximum atomic E-state index is 12.6. The van der Waals surface area contributed by atoms with Gasteiger partial charge in [0.25, 0.3) is 15.5 Å². The van der Waals surface area contributed by atoms with Gasteiger partial charge in [0.05, 0.1) is 14.7 Å². The molecule has 0 radical (unpaired) electrons. The maximum Gasteiger partial charge on any atom is 0.279 e. The molecule has 1 heterocycles. The number of alkyl halides is 2. The number of nitrogens with zero attached hydrogens (tertiary/aromatic N) is 2. The molecule has 0 amide bonds. The van der Waals surface area contributed by atoms with Crippen molar-refractivity contribution in [2.75, 3.05) is 0 Å². The lowest BCUT2D eigenvalue weighted by Crippen LogP contribution is -2.05. The molecule has 0 spiro atoms. The van der Waals surface area contributed by atoms with Crippen molar-refractivity contribution in [2.24, 2.45) is 0 Å². The van der Waals surface area contributed by atoms with Gasteiger partial charge in [0.15, 0.2) is 5.03 Å². The molecular formula is C7H2ClF2IN2O2S. The smallest absolute Gasteiger partial charge is 0.241 e. The van der Waals surface area contributed by atoms with Crippen molar-refractivity contribution in [3.63, 3.8) is 0 Å². The highest BCUT2D eigenvalue weighted by atomic mass is 127. The number of aromatic nitrogens is 1. The molecule has 0 saturated heterocycles. The van der Waals surface area contributed by atoms with E-state index in [1.807, 2.05) is 0 Å². The number of nitriles is 1. The van der Waals surface area contributed by atoms with Gasteiger partial charge in [-0.2, -0.15) is 5.26 Å². The number of hydrogen-bond donors (Lipinski definition) is 0. The zero-order valence-electron chi connectivity index (χ0n) is 7.29. The largest absolute Gasteiger partial charge is 0.279 e. The van der Waals surface area contributed by atoms with Gasteiger partial charge in [0.1, 0.15) is 6.07 Å². The van der Waals surface area contributed by atoms with Crippen molar-refractivity contribution in [3.8, 4) is 6.07 Å². The fraction of sp³-hybridized carbons (Fsp3) is 0.143. The fourth-order valence-corrected chi connectivity index (χ4v) is 3.73. The third kappa shape index (κ3) is 2.58. The standard InChI is InChI=1S/C7H2ClF2IN2O2S/c8-16(14,15)7-5(11)4(6(9)10)3(1-12)2-13-7/h2,6H. The van der Waals surface area contributed by atoms with E-state index in [9.17, 15) is 17.2 Å². The van der Waals surface area contributed by atoms with Crippen molar-refractivity contribution in [1.29, 1.82) is 5.26 Å². The van der Waals surface area contributed by atoms with Crippen LogP contribution in [-0.2, 0) is 9.05 Å². The molecule has 1 aromatic rings. The van der Waals surface area contributed by atoms with E-state index in [2.05, 4.69) is 4.98 Å². The molecule has 0 saturated carbocycles. The van der Waals surface area contributed by atoms with Gasteiger partial charge in [-0.3, -0.25) is 0 Å². The summed E-state index contributed by atoms with van der Waals surface area (Å²) in [5.41, 5.74) is -1.04. The van der Waals surface area contributed by atoms with Crippen LogP contribution in [0.1, 0.15) is 17.6 Å². The van der Waals surface area contributed by atoms with E-state index in [4.69, 9.17) is 15.9 Å². The van der Waals surface area contributed by atoms with Crippen LogP contribution in [0, 0.1) is 14.9 Å². The summed E-state index contributed by atoms with van der Waals surface area (Å²) in [4.78, 5) is 3.38. The summed E-state index contributed by atoms with van der Waals surface area (Å²) in [7, 11) is 0.810. The van der Waals surface area contributed by atoms with Crippen LogP contribution < -0.4 is 0 Å². The highest BCUT2D eigenvalue weighted by Crippen LogP contribution is 2.31. The predicted octanol–water partition coefficient (Wildman–Crippen LogP) is 2.42. The lowest BCUT2D eigenvalue weighted by Gasteiger charge is -2.07. The van der Waals surface area contributed by atoms with Gasteiger partial charge in [-0.15, -0.1) is 0 Å². The second-order valence-corrected chi connectivity index (χ2v) is 6.12. The SMILES string of the molecule is N#Cc1cnc(S(=O)(=O)Cl)c(I)c1C(F)F. The molecule has 0 unspecified atom stereocenters. The van der Waals surface area contributed by atoms with Gasteiger partial charge in [-0.05, 0) is 22.6 Å². The Balaban J connectivity index is 3.65. The van der Waals surface area contributed by atoms with Crippen LogP contribution in [0.4, 0.5) is 8.78 Å². The molecule has 0 N–H and O–H groups in total. The molecule has 1 rings (SSSR count). The Labute approximate surface area is 108 Å². The van der Waals surface area contributed by atoms with Crippen molar-refractivity contribution in [2.45, 2.75) is 11.5 Å². The Morgan fingerprint density at radius 3 is 2.50 bits per heavy atom. The van der Waals surface area contributed by atoms with Gasteiger partial charge in [0, 0.05) is 16.9 Å². The summed E-state index contributed by atoms with van der Waals surface area (Å²) < 4.78 is 46.9. The summed E-state index contributed by atoms with van der Waals surface area (Å²) in [6.07, 6.45) is -2.21. The van der Waals surface area contributed by atoms with E-state index in [0.29, 0.717) is 0 Å². The van der Waals surface area contributed by atoms with Crippen molar-refractivity contribution < 1.29 is 17.2 Å². The van der Waals surface area contributed by atoms with Crippen LogP contribution in [0.25, 0.3) is 0 Å². The molecule has 0 aliphatic rings. The Bertz CT molecular complexity index is 570. The Morgan fingerprint density at radius 2 is 2.12 bits per heavy atom. The molecule has 0 atom stereocenters. The van der Waals surface area contributed by atoms with Crippen molar-refractivity contribution >= 4 is 42.3 Å². The second kappa shape index (κ2) is 4.77. The van der Waals surface area contributed by atoms with Gasteiger partial charge < -0.3 is 0 Å². The van der Waals surface area contributed by atoms with Gasteiger partial charge >= 0.3 is 0 Å². The van der Waals surface area contributed by atoms with Crippen molar-refractivity contribution in [1.82, 2.24) is 4.98 Å². The summed E-state index contributed by atoms with van der Waals surface area (Å²) in [6, 6.07) is 1.51. The second-order valence-electron chi connectivity index (χ2n) is 2.56. The summed E-state index contributed by atoms with van der Waals surface area (Å²) >= 11 is 1.37. The quantitative estimate of drug-likeness (QED) is 0.585. The molecular weight excluding hydrogens is 377 g/mol. The van der Waals surface area contributed by atoms with Gasteiger partial charge in [0.2, 0.25) is 0 Å². The molecule has 4 nitrogen and oxygen atoms in total. The van der Waals surface area contributed by atoms with E-state index >= 15 is 0 Å². The number of pyridine rings is 1. The highest BCUT2D eigenvalue weighted by molar-refractivity contribution is 14.1. The number of rotatable bonds is 2. The van der Waals surface area contributed by atoms with E-state index in [0.717, 1.165) is 6.20 Å². The third-order valence-corrected chi connectivity index (χ3v) is 4.26. The van der Waals surface area contributed by atoms with Gasteiger partial charge in [-0.1, -0.05) is 0 Å². The Hall–Kier alpha value is -0.530. The highest BCUT2D eigenvalue weighted by Gasteiger charge is 2.25. The molecule has 86 valence electrons. The average Bonchev–Trinajstić information content (AvgIpc) is 2.14. The number of halogens is 4. The topological polar surface area (TPSA) is 70.8 Å². The summed E-state index contributed by atoms with van der Waals surface area (Å²) in [6.45, 7) is 0. The molecule has 0 aliphatic heterocycles. The van der Waals surface area contributed by atoms with Crippen LogP contribution in [-0.4, -0.2) is 13.4 Å². The molecule has 9 heteroatoms. The minimum absolute atomic E-state index is 0.332. The van der Waals surface area contributed by atoms with E-state index in [1.165, 1.54) is 28.7 Å². The third-order valence-electron chi connectivity index (χ3n) is 1.59. The summed E-state index contributed by atoms with van der Waals surface area (Å²) in [5, 5.41) is 7.91. The molecule has 16 heavy (non-hydrogen) atoms. The minimum Gasteiger partial charge on any atom is -0.241 e. The van der Waals surface area contributed by atoms with Gasteiger partial charge in [-0.25, -0.2) is 22.2 Å². The molecule has 0 aromatic carbocycles. The minimum atomic E-state index is -4.20. The fourth-order valence-electron chi connectivity index (χ4n) is 0.955. The van der Waals surface area contributed by atoms with Crippen LogP contribution >= 0.6 is 33.3 Å². The average molecular weight is 379 g/mol. The molecule has 0 aliphatic carbocycles. The first-order valence-corrected chi connectivity index (χ1v) is 6.99. The first kappa shape index (κ1) is 13.5. The Kier molecular flexibility index (Phi) is 4.03. The maximum absolute atomic E-state index is 12.6. The summed E-state index contributed by atoms with van der Waals surface area (Å²) in [5.74, 6) is 0. The van der Waals surface area contributed by atoms with E-state index in [1.54, 1.807) is 0 Å². The van der Waals surface area contributed by atoms with Crippen molar-refractivity contribution in [3.05, 3.63) is 20.9 Å². The molecule has 0 bridgehead atoms. The normalized spacial score (nSPS) is 11.5. The number of hydrogen-bond acceptors (Lipinski definition) is 4. The van der Waals surface area contributed by atoms with Crippen LogP contribution in [0.15, 0.2) is 11.2 Å². The lowest BCUT2D eigenvalue weighted by molar-refractivity contribution is 0.149. The van der Waals surface area contributed by atoms with Crippen LogP contribution in [0.3, 0.4) is 0 Å². The first-order valence-electron chi connectivity index (χ1n) is 3.60. The van der Waals surface area contributed by atoms with Crippen LogP contribution in [0.2, 0.25) is 0 Å². The zero-order valence-corrected chi connectivity index (χ0v) is 11.0. The molecule has 1 aromatic heterocycles.